The van der Waals surface area contributed by atoms with Gasteiger partial charge in [0.1, 0.15) is 30.3 Å². The lowest BCUT2D eigenvalue weighted by Crippen LogP contribution is -2.47. The third-order valence-corrected chi connectivity index (χ3v) is 6.02. The van der Waals surface area contributed by atoms with Crippen LogP contribution in [0.15, 0.2) is 30.6 Å². The molecular weight excluding hydrogens is 512 g/mol. The van der Waals surface area contributed by atoms with Crippen molar-refractivity contribution in [3.8, 4) is 11.1 Å². The molecule has 2 aromatic heterocycles. The Kier molecular flexibility index (Phi) is 7.71. The highest BCUT2D eigenvalue weighted by atomic mass is 19.4. The van der Waals surface area contributed by atoms with E-state index in [2.05, 4.69) is 25.1 Å². The molecule has 14 heteroatoms. The number of likely N-dealkylation sites (tertiary alicyclic amines) is 1. The van der Waals surface area contributed by atoms with Crippen LogP contribution in [-0.2, 0) is 20.9 Å². The van der Waals surface area contributed by atoms with Crippen molar-refractivity contribution in [2.24, 2.45) is 0 Å². The number of rotatable bonds is 8. The number of ether oxygens (including phenoxy) is 1. The van der Waals surface area contributed by atoms with Crippen LogP contribution in [0.25, 0.3) is 22.0 Å². The normalized spacial score (nSPS) is 17.7. The maximum absolute atomic E-state index is 14.2. The molecule has 2 atom stereocenters. The topological polar surface area (TPSA) is 119 Å². The van der Waals surface area contributed by atoms with Gasteiger partial charge in [-0.3, -0.25) is 23.8 Å². The van der Waals surface area contributed by atoms with E-state index in [9.17, 15) is 31.9 Å². The molecule has 4 rings (SSSR count). The number of carbonyl (C=O) groups is 3. The lowest BCUT2D eigenvalue weighted by atomic mass is 10.0. The molecule has 0 saturated carbocycles. The fourth-order valence-corrected chi connectivity index (χ4v) is 4.27. The number of amides is 2. The van der Waals surface area contributed by atoms with Crippen molar-refractivity contribution in [1.29, 1.82) is 0 Å². The average molecular weight is 536 g/mol. The van der Waals surface area contributed by atoms with Crippen LogP contribution in [-0.4, -0.2) is 80.5 Å². The molecule has 1 aliphatic heterocycles. The number of nitrogens with one attached hydrogen (secondary N) is 1. The quantitative estimate of drug-likeness (QED) is 0.267. The summed E-state index contributed by atoms with van der Waals surface area (Å²) in [6.07, 6.45) is -3.33. The molecule has 0 bridgehead atoms. The number of fused-ring (bicyclic) bond motifs is 1. The highest BCUT2D eigenvalue weighted by Gasteiger charge is 2.40. The molecule has 0 spiro atoms. The maximum Gasteiger partial charge on any atom is 0.522 e. The first-order chi connectivity index (χ1) is 17.9. The molecule has 2 amide bonds. The zero-order valence-electron chi connectivity index (χ0n) is 20.5. The van der Waals surface area contributed by atoms with Crippen molar-refractivity contribution in [2.75, 3.05) is 19.7 Å². The van der Waals surface area contributed by atoms with Crippen LogP contribution in [0.4, 0.5) is 17.6 Å². The third kappa shape index (κ3) is 6.13. The van der Waals surface area contributed by atoms with Crippen molar-refractivity contribution in [1.82, 2.24) is 30.0 Å². The van der Waals surface area contributed by atoms with Crippen molar-refractivity contribution in [2.45, 2.75) is 45.4 Å². The van der Waals surface area contributed by atoms with E-state index in [-0.39, 0.29) is 31.0 Å². The second kappa shape index (κ2) is 10.8. The molecule has 1 saturated heterocycles. The Hall–Kier alpha value is -3.94. The summed E-state index contributed by atoms with van der Waals surface area (Å²) in [6.45, 7) is 1.07. The van der Waals surface area contributed by atoms with E-state index in [4.69, 9.17) is 0 Å². The van der Waals surface area contributed by atoms with E-state index in [0.717, 1.165) is 16.0 Å². The van der Waals surface area contributed by atoms with Crippen LogP contribution < -0.4 is 5.32 Å². The Morgan fingerprint density at radius 1 is 1.16 bits per heavy atom. The number of benzene rings is 1. The summed E-state index contributed by atoms with van der Waals surface area (Å²) in [5.41, 5.74) is 2.06. The Morgan fingerprint density at radius 2 is 1.87 bits per heavy atom. The number of Topliss-reactive ketones (excluding diaryl/α,β-unsaturated/α-hetero) is 1. The standard InChI is InChI=1S/C24H24F4N6O4/c1-13(35)22-18-7-15(16-9-30-14(2)31-10-16)3-4-19(18)34(32-22)12-21(36)33-11-17(25)8-20(33)23(37)29-5-6-38-24(26,27)28/h3-4,7,9-10,17,20H,5-6,8,11-12H2,1-2H3,(H,29,37)/t17-,20+/m1/s1. The molecule has 3 heterocycles. The highest BCUT2D eigenvalue weighted by molar-refractivity contribution is 6.06. The summed E-state index contributed by atoms with van der Waals surface area (Å²) >= 11 is 0. The number of carbonyl (C=O) groups excluding carboxylic acids is 3. The van der Waals surface area contributed by atoms with Gasteiger partial charge in [0.2, 0.25) is 11.8 Å². The Labute approximate surface area is 214 Å². The number of aromatic nitrogens is 4. The first-order valence-electron chi connectivity index (χ1n) is 11.7. The molecule has 1 fully saturated rings. The lowest BCUT2D eigenvalue weighted by Gasteiger charge is -2.23. The number of nitrogens with zero attached hydrogens (tertiary/aromatic N) is 5. The molecule has 38 heavy (non-hydrogen) atoms. The maximum atomic E-state index is 14.2. The summed E-state index contributed by atoms with van der Waals surface area (Å²) < 4.78 is 55.5. The number of aryl methyl sites for hydroxylation is 1. The van der Waals surface area contributed by atoms with Gasteiger partial charge in [0.15, 0.2) is 5.78 Å². The number of ketones is 1. The number of halogens is 4. The molecule has 1 aromatic carbocycles. The van der Waals surface area contributed by atoms with Gasteiger partial charge in [0, 0.05) is 43.2 Å². The third-order valence-electron chi connectivity index (χ3n) is 6.02. The Morgan fingerprint density at radius 3 is 2.53 bits per heavy atom. The van der Waals surface area contributed by atoms with Gasteiger partial charge in [-0.1, -0.05) is 6.07 Å². The van der Waals surface area contributed by atoms with Gasteiger partial charge in [-0.2, -0.15) is 5.10 Å². The lowest BCUT2D eigenvalue weighted by molar-refractivity contribution is -0.323. The van der Waals surface area contributed by atoms with Crippen molar-refractivity contribution in [3.63, 3.8) is 0 Å². The van der Waals surface area contributed by atoms with E-state index >= 15 is 0 Å². The summed E-state index contributed by atoms with van der Waals surface area (Å²) in [6, 6.07) is 3.98. The minimum atomic E-state index is -4.84. The van der Waals surface area contributed by atoms with Gasteiger partial charge in [0.25, 0.3) is 0 Å². The van der Waals surface area contributed by atoms with Crippen molar-refractivity contribution < 1.29 is 36.7 Å². The molecule has 0 unspecified atom stereocenters. The van der Waals surface area contributed by atoms with E-state index in [1.54, 1.807) is 37.5 Å². The van der Waals surface area contributed by atoms with Crippen LogP contribution in [0.5, 0.6) is 0 Å². The number of hydrogen-bond donors (Lipinski definition) is 1. The Bertz CT molecular complexity index is 1360. The first kappa shape index (κ1) is 27.1. The Balaban J connectivity index is 1.53. The first-order valence-corrected chi connectivity index (χ1v) is 11.7. The van der Waals surface area contributed by atoms with Gasteiger partial charge >= 0.3 is 6.36 Å². The van der Waals surface area contributed by atoms with Crippen LogP contribution in [0.2, 0.25) is 0 Å². The second-order valence-corrected chi connectivity index (χ2v) is 8.79. The number of alkyl halides is 4. The van der Waals surface area contributed by atoms with Crippen molar-refractivity contribution >= 4 is 28.5 Å². The summed E-state index contributed by atoms with van der Waals surface area (Å²) in [7, 11) is 0. The zero-order valence-corrected chi connectivity index (χ0v) is 20.5. The fraction of sp³-hybridized carbons (Fsp3) is 0.417. The predicted molar refractivity (Wildman–Crippen MR) is 126 cm³/mol. The molecule has 0 radical (unpaired) electrons. The molecule has 3 aromatic rings. The zero-order chi connectivity index (χ0) is 27.6. The smallest absolute Gasteiger partial charge is 0.352 e. The van der Waals surface area contributed by atoms with E-state index < -0.39 is 43.5 Å². The summed E-state index contributed by atoms with van der Waals surface area (Å²) in [5.74, 6) is -1.15. The van der Waals surface area contributed by atoms with Crippen molar-refractivity contribution in [3.05, 3.63) is 42.1 Å². The molecule has 0 aliphatic carbocycles. The minimum Gasteiger partial charge on any atom is -0.352 e. The van der Waals surface area contributed by atoms with Crippen LogP contribution in [0, 0.1) is 6.92 Å². The average Bonchev–Trinajstić information content (AvgIpc) is 3.42. The van der Waals surface area contributed by atoms with E-state index in [0.29, 0.717) is 16.7 Å². The minimum absolute atomic E-state index is 0.131. The van der Waals surface area contributed by atoms with Gasteiger partial charge < -0.3 is 10.2 Å². The largest absolute Gasteiger partial charge is 0.522 e. The fourth-order valence-electron chi connectivity index (χ4n) is 4.27. The second-order valence-electron chi connectivity index (χ2n) is 8.79. The van der Waals surface area contributed by atoms with Crippen LogP contribution in [0.1, 0.15) is 29.7 Å². The molecule has 1 aliphatic rings. The van der Waals surface area contributed by atoms with Crippen LogP contribution in [0.3, 0.4) is 0 Å². The number of hydrogen-bond acceptors (Lipinski definition) is 7. The molecule has 10 nitrogen and oxygen atoms in total. The van der Waals surface area contributed by atoms with E-state index in [1.807, 2.05) is 0 Å². The molecule has 202 valence electrons. The summed E-state index contributed by atoms with van der Waals surface area (Å²) in [4.78, 5) is 47.3. The highest BCUT2D eigenvalue weighted by Crippen LogP contribution is 2.27. The van der Waals surface area contributed by atoms with Gasteiger partial charge in [-0.15, -0.1) is 13.2 Å². The monoisotopic (exact) mass is 536 g/mol. The van der Waals surface area contributed by atoms with E-state index in [1.165, 1.54) is 11.6 Å². The van der Waals surface area contributed by atoms with Gasteiger partial charge in [0.05, 0.1) is 18.7 Å². The van der Waals surface area contributed by atoms with Gasteiger partial charge in [-0.25, -0.2) is 14.4 Å². The molecule has 1 N–H and O–H groups in total. The summed E-state index contributed by atoms with van der Waals surface area (Å²) in [5, 5.41) is 7.02. The molecular formula is C24H24F4N6O4. The predicted octanol–water partition coefficient (Wildman–Crippen LogP) is 2.60. The SMILES string of the molecule is CC(=O)c1nn(CC(=O)N2C[C@H](F)C[C@H]2C(=O)NCCOC(F)(F)F)c2ccc(-c3cnc(C)nc3)cc12. The van der Waals surface area contributed by atoms with Crippen LogP contribution >= 0.6 is 0 Å². The van der Waals surface area contributed by atoms with Gasteiger partial charge in [-0.05, 0) is 24.6 Å².